The number of hydrogen-bond donors (Lipinski definition) is 1. The first-order valence-electron chi connectivity index (χ1n) is 5.64. The van der Waals surface area contributed by atoms with Crippen molar-refractivity contribution in [2.75, 3.05) is 0 Å². The molecule has 16 heavy (non-hydrogen) atoms. The van der Waals surface area contributed by atoms with Crippen LogP contribution in [0.4, 0.5) is 0 Å². The first-order chi connectivity index (χ1) is 7.54. The van der Waals surface area contributed by atoms with Gasteiger partial charge in [0.15, 0.2) is 0 Å². The Labute approximate surface area is 96.7 Å². The summed E-state index contributed by atoms with van der Waals surface area (Å²) < 4.78 is 0. The van der Waals surface area contributed by atoms with Gasteiger partial charge in [-0.05, 0) is 32.9 Å². The summed E-state index contributed by atoms with van der Waals surface area (Å²) >= 11 is 0. The summed E-state index contributed by atoms with van der Waals surface area (Å²) in [7, 11) is 0. The lowest BCUT2D eigenvalue weighted by molar-refractivity contribution is 0.421. The molecular weight excluding hydrogens is 196 g/mol. The van der Waals surface area contributed by atoms with Gasteiger partial charge < -0.3 is 5.32 Å². The van der Waals surface area contributed by atoms with Crippen molar-refractivity contribution >= 4 is 10.9 Å². The van der Waals surface area contributed by atoms with Gasteiger partial charge in [0.25, 0.3) is 0 Å². The first kappa shape index (κ1) is 11.1. The highest BCUT2D eigenvalue weighted by molar-refractivity contribution is 5.78. The van der Waals surface area contributed by atoms with Gasteiger partial charge in [0.05, 0.1) is 11.2 Å². The number of nitrogens with one attached hydrogen (secondary N) is 1. The topological polar surface area (TPSA) is 24.9 Å². The molecular formula is C14H18N2. The SMILES string of the molecule is CC(C)(C)NCc1ccc2ccccc2n1. The third-order valence-electron chi connectivity index (χ3n) is 2.46. The molecule has 2 rings (SSSR count). The van der Waals surface area contributed by atoms with Gasteiger partial charge in [-0.3, -0.25) is 4.98 Å². The average molecular weight is 214 g/mol. The Kier molecular flexibility index (Phi) is 2.92. The van der Waals surface area contributed by atoms with Crippen LogP contribution in [0.15, 0.2) is 36.4 Å². The van der Waals surface area contributed by atoms with Gasteiger partial charge in [-0.1, -0.05) is 24.3 Å². The van der Waals surface area contributed by atoms with E-state index in [2.05, 4.69) is 55.3 Å². The summed E-state index contributed by atoms with van der Waals surface area (Å²) in [4.78, 5) is 4.62. The van der Waals surface area contributed by atoms with E-state index < -0.39 is 0 Å². The zero-order chi connectivity index (χ0) is 11.6. The molecule has 0 unspecified atom stereocenters. The second-order valence-electron chi connectivity index (χ2n) is 5.10. The molecule has 1 aromatic heterocycles. The average Bonchev–Trinajstić information content (AvgIpc) is 2.25. The number of nitrogens with zero attached hydrogens (tertiary/aromatic N) is 1. The van der Waals surface area contributed by atoms with Gasteiger partial charge in [-0.25, -0.2) is 0 Å². The molecule has 0 bridgehead atoms. The zero-order valence-corrected chi connectivity index (χ0v) is 10.1. The maximum absolute atomic E-state index is 4.62. The van der Waals surface area contributed by atoms with E-state index in [-0.39, 0.29) is 5.54 Å². The monoisotopic (exact) mass is 214 g/mol. The van der Waals surface area contributed by atoms with Crippen molar-refractivity contribution in [2.45, 2.75) is 32.9 Å². The van der Waals surface area contributed by atoms with Gasteiger partial charge in [0.1, 0.15) is 0 Å². The molecule has 84 valence electrons. The molecule has 0 fully saturated rings. The summed E-state index contributed by atoms with van der Waals surface area (Å²) in [6.45, 7) is 7.30. The third kappa shape index (κ3) is 2.80. The van der Waals surface area contributed by atoms with Crippen molar-refractivity contribution in [3.05, 3.63) is 42.1 Å². The molecule has 0 saturated carbocycles. The molecule has 0 spiro atoms. The van der Waals surface area contributed by atoms with Crippen molar-refractivity contribution in [1.29, 1.82) is 0 Å². The minimum atomic E-state index is 0.132. The predicted octanol–water partition coefficient (Wildman–Crippen LogP) is 3.12. The highest BCUT2D eigenvalue weighted by Gasteiger charge is 2.08. The maximum Gasteiger partial charge on any atom is 0.0705 e. The lowest BCUT2D eigenvalue weighted by Gasteiger charge is -2.20. The smallest absolute Gasteiger partial charge is 0.0705 e. The zero-order valence-electron chi connectivity index (χ0n) is 10.1. The van der Waals surface area contributed by atoms with Crippen molar-refractivity contribution in [1.82, 2.24) is 10.3 Å². The van der Waals surface area contributed by atoms with Crippen LogP contribution in [0.5, 0.6) is 0 Å². The molecule has 0 atom stereocenters. The fourth-order valence-electron chi connectivity index (χ4n) is 1.56. The van der Waals surface area contributed by atoms with E-state index in [9.17, 15) is 0 Å². The van der Waals surface area contributed by atoms with Gasteiger partial charge in [-0.15, -0.1) is 0 Å². The Hall–Kier alpha value is -1.41. The molecule has 0 radical (unpaired) electrons. The highest BCUT2D eigenvalue weighted by Crippen LogP contribution is 2.12. The molecule has 1 aromatic carbocycles. The van der Waals surface area contributed by atoms with Crippen LogP contribution in [-0.4, -0.2) is 10.5 Å². The molecule has 0 aliphatic carbocycles. The van der Waals surface area contributed by atoms with Gasteiger partial charge in [0, 0.05) is 17.5 Å². The number of para-hydroxylation sites is 1. The van der Waals surface area contributed by atoms with Crippen LogP contribution in [0.2, 0.25) is 0 Å². The molecule has 2 heteroatoms. The van der Waals surface area contributed by atoms with Gasteiger partial charge >= 0.3 is 0 Å². The molecule has 1 N–H and O–H groups in total. The summed E-state index contributed by atoms with van der Waals surface area (Å²) in [6, 6.07) is 12.4. The van der Waals surface area contributed by atoms with Crippen LogP contribution >= 0.6 is 0 Å². The molecule has 0 saturated heterocycles. The summed E-state index contributed by atoms with van der Waals surface area (Å²) in [5.41, 5.74) is 2.29. The number of pyridine rings is 1. The fourth-order valence-corrected chi connectivity index (χ4v) is 1.56. The van der Waals surface area contributed by atoms with E-state index in [0.717, 1.165) is 17.8 Å². The molecule has 2 aromatic rings. The van der Waals surface area contributed by atoms with Crippen LogP contribution in [-0.2, 0) is 6.54 Å². The van der Waals surface area contributed by atoms with Crippen molar-refractivity contribution in [2.24, 2.45) is 0 Å². The number of fused-ring (bicyclic) bond motifs is 1. The van der Waals surface area contributed by atoms with E-state index in [1.165, 1.54) is 5.39 Å². The second kappa shape index (κ2) is 4.22. The van der Waals surface area contributed by atoms with E-state index in [4.69, 9.17) is 0 Å². The number of hydrogen-bond acceptors (Lipinski definition) is 2. The Balaban J connectivity index is 2.20. The molecule has 0 amide bonds. The Morgan fingerprint density at radius 1 is 1.06 bits per heavy atom. The van der Waals surface area contributed by atoms with E-state index in [1.54, 1.807) is 0 Å². The third-order valence-corrected chi connectivity index (χ3v) is 2.46. The van der Waals surface area contributed by atoms with Crippen LogP contribution < -0.4 is 5.32 Å². The number of benzene rings is 1. The largest absolute Gasteiger partial charge is 0.306 e. The number of aromatic nitrogens is 1. The van der Waals surface area contributed by atoms with Gasteiger partial charge in [-0.2, -0.15) is 0 Å². The van der Waals surface area contributed by atoms with E-state index >= 15 is 0 Å². The minimum absolute atomic E-state index is 0.132. The van der Waals surface area contributed by atoms with Crippen LogP contribution in [0, 0.1) is 0 Å². The van der Waals surface area contributed by atoms with Crippen LogP contribution in [0.1, 0.15) is 26.5 Å². The molecule has 1 heterocycles. The molecule has 2 nitrogen and oxygen atoms in total. The Morgan fingerprint density at radius 2 is 1.81 bits per heavy atom. The lowest BCUT2D eigenvalue weighted by atomic mass is 10.1. The van der Waals surface area contributed by atoms with E-state index in [1.807, 2.05) is 12.1 Å². The maximum atomic E-state index is 4.62. The van der Waals surface area contributed by atoms with Crippen molar-refractivity contribution < 1.29 is 0 Å². The Bertz CT molecular complexity index is 483. The molecule has 0 aliphatic rings. The van der Waals surface area contributed by atoms with E-state index in [0.29, 0.717) is 0 Å². The highest BCUT2D eigenvalue weighted by atomic mass is 15.0. The standard InChI is InChI=1S/C14H18N2/c1-14(2,3)15-10-12-9-8-11-6-4-5-7-13(11)16-12/h4-9,15H,10H2,1-3H3. The summed E-state index contributed by atoms with van der Waals surface area (Å²) in [6.07, 6.45) is 0. The van der Waals surface area contributed by atoms with Gasteiger partial charge in [0.2, 0.25) is 0 Å². The normalized spacial score (nSPS) is 11.9. The quantitative estimate of drug-likeness (QED) is 0.830. The fraction of sp³-hybridized carbons (Fsp3) is 0.357. The number of rotatable bonds is 2. The first-order valence-corrected chi connectivity index (χ1v) is 5.64. The van der Waals surface area contributed by atoms with Crippen LogP contribution in [0.25, 0.3) is 10.9 Å². The van der Waals surface area contributed by atoms with Crippen molar-refractivity contribution in [3.63, 3.8) is 0 Å². The lowest BCUT2D eigenvalue weighted by Crippen LogP contribution is -2.35. The summed E-state index contributed by atoms with van der Waals surface area (Å²) in [5.74, 6) is 0. The van der Waals surface area contributed by atoms with Crippen LogP contribution in [0.3, 0.4) is 0 Å². The van der Waals surface area contributed by atoms with Crippen molar-refractivity contribution in [3.8, 4) is 0 Å². The minimum Gasteiger partial charge on any atom is -0.306 e. The predicted molar refractivity (Wildman–Crippen MR) is 68.3 cm³/mol. The second-order valence-corrected chi connectivity index (χ2v) is 5.10. The Morgan fingerprint density at radius 3 is 2.56 bits per heavy atom. The summed E-state index contributed by atoms with van der Waals surface area (Å²) in [5, 5.41) is 4.64. The molecule has 0 aliphatic heterocycles.